The van der Waals surface area contributed by atoms with Gasteiger partial charge in [0.25, 0.3) is 0 Å². The number of benzene rings is 1. The second-order valence-corrected chi connectivity index (χ2v) is 3.90. The van der Waals surface area contributed by atoms with Crippen molar-refractivity contribution in [1.29, 1.82) is 0 Å². The molecule has 0 amide bonds. The fourth-order valence-electron chi connectivity index (χ4n) is 2.10. The fraction of sp³-hybridized carbons (Fsp3) is 0.417. The van der Waals surface area contributed by atoms with E-state index in [4.69, 9.17) is 15.6 Å². The molecule has 3 N–H and O–H groups in total. The van der Waals surface area contributed by atoms with E-state index in [2.05, 4.69) is 0 Å². The van der Waals surface area contributed by atoms with Crippen LogP contribution in [0.5, 0.6) is 5.75 Å². The molecule has 0 saturated heterocycles. The Morgan fingerprint density at radius 3 is 2.38 bits per heavy atom. The van der Waals surface area contributed by atoms with Gasteiger partial charge in [-0.05, 0) is 43.0 Å². The quantitative estimate of drug-likeness (QED) is 0.818. The van der Waals surface area contributed by atoms with Gasteiger partial charge < -0.3 is 15.6 Å². The van der Waals surface area contributed by atoms with Gasteiger partial charge in [0.2, 0.25) is 0 Å². The number of aliphatic carboxylic acids is 1. The maximum absolute atomic E-state index is 10.9. The van der Waals surface area contributed by atoms with Crippen LogP contribution in [0.15, 0.2) is 6.07 Å². The van der Waals surface area contributed by atoms with Crippen molar-refractivity contribution in [3.8, 4) is 5.75 Å². The molecule has 0 aliphatic heterocycles. The Morgan fingerprint density at radius 1 is 1.38 bits per heavy atom. The number of carboxylic acid groups (broad SMARTS) is 1. The molecule has 1 aromatic carbocycles. The number of hydrogen-bond donors (Lipinski definition) is 2. The number of aryl methyl sites for hydroxylation is 2. The number of ether oxygens (including phenoxy) is 1. The Bertz CT molecular complexity index is 427. The molecule has 0 aromatic heterocycles. The van der Waals surface area contributed by atoms with Crippen molar-refractivity contribution in [2.45, 2.75) is 26.8 Å². The molecule has 4 nitrogen and oxygen atoms in total. The van der Waals surface area contributed by atoms with E-state index in [9.17, 15) is 4.79 Å². The smallest absolute Gasteiger partial charge is 0.325 e. The highest BCUT2D eigenvalue weighted by Gasteiger charge is 2.21. The topological polar surface area (TPSA) is 72.5 Å². The van der Waals surface area contributed by atoms with Gasteiger partial charge in [0.15, 0.2) is 0 Å². The normalized spacial score (nSPS) is 12.3. The largest absolute Gasteiger partial charge is 0.496 e. The third-order valence-electron chi connectivity index (χ3n) is 2.74. The first kappa shape index (κ1) is 12.5. The summed E-state index contributed by atoms with van der Waals surface area (Å²) in [6, 6.07) is 0.888. The summed E-state index contributed by atoms with van der Waals surface area (Å²) in [5, 5.41) is 8.95. The first-order chi connectivity index (χ1) is 7.40. The number of rotatable bonds is 3. The second-order valence-electron chi connectivity index (χ2n) is 3.90. The second kappa shape index (κ2) is 4.53. The van der Waals surface area contributed by atoms with E-state index in [1.165, 1.54) is 0 Å². The lowest BCUT2D eigenvalue weighted by molar-refractivity contribution is -0.138. The molecule has 1 aromatic rings. The van der Waals surface area contributed by atoms with Crippen LogP contribution in [0.2, 0.25) is 0 Å². The van der Waals surface area contributed by atoms with Crippen molar-refractivity contribution in [1.82, 2.24) is 0 Å². The number of nitrogens with two attached hydrogens (primary N) is 1. The lowest BCUT2D eigenvalue weighted by atomic mass is 9.93. The first-order valence-corrected chi connectivity index (χ1v) is 5.03. The molecule has 1 rings (SSSR count). The van der Waals surface area contributed by atoms with E-state index in [0.29, 0.717) is 11.3 Å². The molecule has 0 heterocycles. The summed E-state index contributed by atoms with van der Waals surface area (Å²) >= 11 is 0. The van der Waals surface area contributed by atoms with E-state index >= 15 is 0 Å². The molecule has 0 aliphatic carbocycles. The Kier molecular flexibility index (Phi) is 3.55. The molecular formula is C12H17NO3. The highest BCUT2D eigenvalue weighted by Crippen LogP contribution is 2.31. The third kappa shape index (κ3) is 2.02. The van der Waals surface area contributed by atoms with Crippen LogP contribution in [0, 0.1) is 20.8 Å². The van der Waals surface area contributed by atoms with Gasteiger partial charge in [-0.25, -0.2) is 0 Å². The van der Waals surface area contributed by atoms with Gasteiger partial charge in [0.05, 0.1) is 7.11 Å². The molecular weight excluding hydrogens is 206 g/mol. The summed E-state index contributed by atoms with van der Waals surface area (Å²) in [6.45, 7) is 5.61. The summed E-state index contributed by atoms with van der Waals surface area (Å²) in [4.78, 5) is 10.9. The van der Waals surface area contributed by atoms with Crippen LogP contribution in [0.1, 0.15) is 28.3 Å². The van der Waals surface area contributed by atoms with Gasteiger partial charge in [-0.3, -0.25) is 4.79 Å². The summed E-state index contributed by atoms with van der Waals surface area (Å²) in [7, 11) is 1.57. The minimum atomic E-state index is -1.03. The van der Waals surface area contributed by atoms with Crippen molar-refractivity contribution in [3.63, 3.8) is 0 Å². The number of hydrogen-bond acceptors (Lipinski definition) is 3. The van der Waals surface area contributed by atoms with Gasteiger partial charge in [-0.2, -0.15) is 0 Å². The van der Waals surface area contributed by atoms with Crippen LogP contribution >= 0.6 is 0 Å². The van der Waals surface area contributed by atoms with Crippen LogP contribution in [0.25, 0.3) is 0 Å². The van der Waals surface area contributed by atoms with Crippen LogP contribution in [0.3, 0.4) is 0 Å². The molecule has 1 atom stereocenters. The van der Waals surface area contributed by atoms with E-state index in [0.717, 1.165) is 16.7 Å². The average Bonchev–Trinajstić information content (AvgIpc) is 2.17. The van der Waals surface area contributed by atoms with Crippen LogP contribution in [-0.2, 0) is 4.79 Å². The summed E-state index contributed by atoms with van der Waals surface area (Å²) in [5.41, 5.74) is 8.96. The van der Waals surface area contributed by atoms with Crippen LogP contribution in [-0.4, -0.2) is 18.2 Å². The fourth-order valence-corrected chi connectivity index (χ4v) is 2.10. The zero-order chi connectivity index (χ0) is 12.5. The van der Waals surface area contributed by atoms with E-state index in [-0.39, 0.29) is 0 Å². The zero-order valence-corrected chi connectivity index (χ0v) is 10.00. The van der Waals surface area contributed by atoms with Gasteiger partial charge in [0.1, 0.15) is 11.8 Å². The van der Waals surface area contributed by atoms with E-state index < -0.39 is 12.0 Å². The SMILES string of the molecule is COc1c(C)cc(C)c(C(N)C(=O)O)c1C. The lowest BCUT2D eigenvalue weighted by Gasteiger charge is -2.18. The van der Waals surface area contributed by atoms with Crippen LogP contribution < -0.4 is 10.5 Å². The maximum Gasteiger partial charge on any atom is 0.325 e. The molecule has 0 radical (unpaired) electrons. The minimum absolute atomic E-state index is 0.634. The molecule has 0 fully saturated rings. The van der Waals surface area contributed by atoms with Gasteiger partial charge >= 0.3 is 5.97 Å². The molecule has 4 heteroatoms. The number of carbonyl (C=O) groups is 1. The predicted octanol–water partition coefficient (Wildman–Crippen LogP) is 1.70. The minimum Gasteiger partial charge on any atom is -0.496 e. The predicted molar refractivity (Wildman–Crippen MR) is 61.8 cm³/mol. The maximum atomic E-state index is 10.9. The Balaban J connectivity index is 3.45. The van der Waals surface area contributed by atoms with Crippen molar-refractivity contribution in [2.24, 2.45) is 5.73 Å². The summed E-state index contributed by atoms with van der Waals surface area (Å²) in [5.74, 6) is -0.325. The number of methoxy groups -OCH3 is 1. The van der Waals surface area contributed by atoms with Gasteiger partial charge in [-0.1, -0.05) is 6.07 Å². The molecule has 88 valence electrons. The van der Waals surface area contributed by atoms with Crippen molar-refractivity contribution < 1.29 is 14.6 Å². The van der Waals surface area contributed by atoms with Gasteiger partial charge in [0, 0.05) is 0 Å². The van der Waals surface area contributed by atoms with Crippen molar-refractivity contribution in [2.75, 3.05) is 7.11 Å². The molecule has 0 saturated carbocycles. The first-order valence-electron chi connectivity index (χ1n) is 5.03. The Morgan fingerprint density at radius 2 is 1.94 bits per heavy atom. The monoisotopic (exact) mass is 223 g/mol. The lowest BCUT2D eigenvalue weighted by Crippen LogP contribution is -2.23. The molecule has 0 aliphatic rings. The third-order valence-corrected chi connectivity index (χ3v) is 2.74. The Labute approximate surface area is 95.0 Å². The zero-order valence-electron chi connectivity index (χ0n) is 10.00. The standard InChI is InChI=1S/C12H17NO3/c1-6-5-7(2)11(16-4)8(3)9(6)10(13)12(14)15/h5,10H,13H2,1-4H3,(H,14,15). The van der Waals surface area contributed by atoms with Gasteiger partial charge in [-0.15, -0.1) is 0 Å². The Hall–Kier alpha value is -1.55. The van der Waals surface area contributed by atoms with E-state index in [1.807, 2.05) is 26.8 Å². The van der Waals surface area contributed by atoms with E-state index in [1.54, 1.807) is 7.11 Å². The number of carboxylic acids is 1. The molecule has 0 bridgehead atoms. The molecule has 16 heavy (non-hydrogen) atoms. The summed E-state index contributed by atoms with van der Waals surface area (Å²) < 4.78 is 5.25. The van der Waals surface area contributed by atoms with Crippen molar-refractivity contribution >= 4 is 5.97 Å². The van der Waals surface area contributed by atoms with Crippen LogP contribution in [0.4, 0.5) is 0 Å². The molecule has 1 unspecified atom stereocenters. The van der Waals surface area contributed by atoms with Crippen molar-refractivity contribution in [3.05, 3.63) is 28.3 Å². The average molecular weight is 223 g/mol. The molecule has 0 spiro atoms. The highest BCUT2D eigenvalue weighted by molar-refractivity contribution is 5.77. The highest BCUT2D eigenvalue weighted by atomic mass is 16.5. The summed E-state index contributed by atoms with van der Waals surface area (Å²) in [6.07, 6.45) is 0.